The lowest BCUT2D eigenvalue weighted by Crippen LogP contribution is -2.22. The van der Waals surface area contributed by atoms with E-state index in [1.54, 1.807) is 19.1 Å². The zero-order valence-electron chi connectivity index (χ0n) is 12.3. The zero-order chi connectivity index (χ0) is 15.5. The van der Waals surface area contributed by atoms with Gasteiger partial charge in [0.1, 0.15) is 0 Å². The molecule has 6 heteroatoms. The van der Waals surface area contributed by atoms with Crippen LogP contribution < -0.4 is 10.5 Å². The molecule has 0 unspecified atom stereocenters. The van der Waals surface area contributed by atoms with Crippen LogP contribution in [0, 0.1) is 12.8 Å². The average molecular weight is 310 g/mol. The first-order valence-electron chi connectivity index (χ1n) is 7.32. The van der Waals surface area contributed by atoms with Crippen molar-refractivity contribution in [2.45, 2.75) is 50.3 Å². The topological polar surface area (TPSA) is 89.3 Å². The van der Waals surface area contributed by atoms with Crippen molar-refractivity contribution in [2.75, 3.05) is 5.32 Å². The summed E-state index contributed by atoms with van der Waals surface area (Å²) in [6.45, 7) is 1.67. The van der Waals surface area contributed by atoms with E-state index in [4.69, 9.17) is 5.14 Å². The van der Waals surface area contributed by atoms with Gasteiger partial charge in [0.15, 0.2) is 0 Å². The first-order chi connectivity index (χ1) is 9.88. The number of carbonyl (C=O) groups excluding carboxylic acids is 1. The number of sulfonamides is 1. The van der Waals surface area contributed by atoms with E-state index in [1.807, 2.05) is 0 Å². The van der Waals surface area contributed by atoms with Crippen LogP contribution in [-0.2, 0) is 14.8 Å². The molecule has 0 aliphatic heterocycles. The summed E-state index contributed by atoms with van der Waals surface area (Å²) < 4.78 is 22.7. The Morgan fingerprint density at radius 1 is 1.19 bits per heavy atom. The summed E-state index contributed by atoms with van der Waals surface area (Å²) in [5.74, 6) is 0.0883. The number of benzene rings is 1. The van der Waals surface area contributed by atoms with Crippen LogP contribution in [0.25, 0.3) is 0 Å². The second kappa shape index (κ2) is 6.58. The molecule has 5 nitrogen and oxygen atoms in total. The molecule has 1 fully saturated rings. The molecule has 21 heavy (non-hydrogen) atoms. The van der Waals surface area contributed by atoms with E-state index in [9.17, 15) is 13.2 Å². The van der Waals surface area contributed by atoms with Gasteiger partial charge in [-0.15, -0.1) is 0 Å². The van der Waals surface area contributed by atoms with Crippen molar-refractivity contribution in [2.24, 2.45) is 11.1 Å². The van der Waals surface area contributed by atoms with Crippen LogP contribution in [-0.4, -0.2) is 14.3 Å². The Bertz CT molecular complexity index is 618. The minimum absolute atomic E-state index is 0.0275. The molecule has 1 aliphatic carbocycles. The quantitative estimate of drug-likeness (QED) is 0.841. The van der Waals surface area contributed by atoms with Crippen LogP contribution in [0.3, 0.4) is 0 Å². The highest BCUT2D eigenvalue weighted by atomic mass is 32.2. The molecular weight excluding hydrogens is 288 g/mol. The van der Waals surface area contributed by atoms with E-state index < -0.39 is 10.0 Å². The maximum absolute atomic E-state index is 12.3. The van der Waals surface area contributed by atoms with Crippen LogP contribution in [0.5, 0.6) is 0 Å². The first-order valence-corrected chi connectivity index (χ1v) is 8.87. The number of aryl methyl sites for hydroxylation is 1. The predicted molar refractivity (Wildman–Crippen MR) is 82.4 cm³/mol. The standard InChI is InChI=1S/C15H22N2O3S/c1-11-10-13(8-9-14(11)21(16,19)20)17-15(18)12-6-4-2-3-5-7-12/h8-10,12H,2-7H2,1H3,(H,17,18)(H2,16,19,20). The molecule has 1 aliphatic rings. The fourth-order valence-electron chi connectivity index (χ4n) is 2.83. The van der Waals surface area contributed by atoms with Crippen molar-refractivity contribution < 1.29 is 13.2 Å². The van der Waals surface area contributed by atoms with Gasteiger partial charge in [-0.25, -0.2) is 13.6 Å². The van der Waals surface area contributed by atoms with Gasteiger partial charge < -0.3 is 5.32 Å². The number of anilines is 1. The van der Waals surface area contributed by atoms with Gasteiger partial charge >= 0.3 is 0 Å². The second-order valence-electron chi connectivity index (χ2n) is 5.70. The minimum Gasteiger partial charge on any atom is -0.326 e. The van der Waals surface area contributed by atoms with Gasteiger partial charge in [0, 0.05) is 11.6 Å². The van der Waals surface area contributed by atoms with E-state index in [2.05, 4.69) is 5.32 Å². The minimum atomic E-state index is -3.72. The highest BCUT2D eigenvalue weighted by Gasteiger charge is 2.20. The van der Waals surface area contributed by atoms with Crippen LogP contribution in [0.2, 0.25) is 0 Å². The summed E-state index contributed by atoms with van der Waals surface area (Å²) in [5, 5.41) is 8.01. The second-order valence-corrected chi connectivity index (χ2v) is 7.23. The van der Waals surface area contributed by atoms with Gasteiger partial charge in [0.25, 0.3) is 0 Å². The van der Waals surface area contributed by atoms with E-state index >= 15 is 0 Å². The van der Waals surface area contributed by atoms with E-state index in [-0.39, 0.29) is 16.7 Å². The predicted octanol–water partition coefficient (Wildman–Crippen LogP) is 2.55. The number of rotatable bonds is 3. The summed E-state index contributed by atoms with van der Waals surface area (Å²) >= 11 is 0. The Morgan fingerprint density at radius 3 is 2.33 bits per heavy atom. The average Bonchev–Trinajstić information content (AvgIpc) is 2.66. The SMILES string of the molecule is Cc1cc(NC(=O)C2CCCCCC2)ccc1S(N)(=O)=O. The summed E-state index contributed by atoms with van der Waals surface area (Å²) in [7, 11) is -3.72. The molecule has 0 saturated heterocycles. The monoisotopic (exact) mass is 310 g/mol. The summed E-state index contributed by atoms with van der Waals surface area (Å²) in [4.78, 5) is 12.4. The molecule has 1 aromatic rings. The number of carbonyl (C=O) groups is 1. The number of nitrogens with two attached hydrogens (primary N) is 1. The molecule has 0 spiro atoms. The Morgan fingerprint density at radius 2 is 1.81 bits per heavy atom. The number of amides is 1. The van der Waals surface area contributed by atoms with Crippen LogP contribution in [0.4, 0.5) is 5.69 Å². The van der Waals surface area contributed by atoms with Crippen LogP contribution in [0.15, 0.2) is 23.1 Å². The van der Waals surface area contributed by atoms with E-state index in [0.717, 1.165) is 25.7 Å². The Labute approximate surface area is 126 Å². The maximum atomic E-state index is 12.3. The van der Waals surface area contributed by atoms with Crippen molar-refractivity contribution in [3.63, 3.8) is 0 Å². The lowest BCUT2D eigenvalue weighted by atomic mass is 9.99. The van der Waals surface area contributed by atoms with Gasteiger partial charge in [-0.3, -0.25) is 4.79 Å². The van der Waals surface area contributed by atoms with Gasteiger partial charge in [-0.2, -0.15) is 0 Å². The molecule has 0 aromatic heterocycles. The highest BCUT2D eigenvalue weighted by molar-refractivity contribution is 7.89. The fourth-order valence-corrected chi connectivity index (χ4v) is 3.60. The number of primary sulfonamides is 1. The van der Waals surface area contributed by atoms with Crippen molar-refractivity contribution in [3.05, 3.63) is 23.8 Å². The number of nitrogens with one attached hydrogen (secondary N) is 1. The van der Waals surface area contributed by atoms with Gasteiger partial charge in [-0.1, -0.05) is 25.7 Å². The molecule has 116 valence electrons. The highest BCUT2D eigenvalue weighted by Crippen LogP contribution is 2.25. The van der Waals surface area contributed by atoms with Crippen molar-refractivity contribution >= 4 is 21.6 Å². The molecule has 0 heterocycles. The third-order valence-corrected chi connectivity index (χ3v) is 5.05. The van der Waals surface area contributed by atoms with Crippen LogP contribution in [0.1, 0.15) is 44.1 Å². The van der Waals surface area contributed by atoms with Gasteiger partial charge in [0.05, 0.1) is 4.90 Å². The van der Waals surface area contributed by atoms with Gasteiger partial charge in [-0.05, 0) is 43.5 Å². The summed E-state index contributed by atoms with van der Waals surface area (Å²) in [6, 6.07) is 4.67. The fraction of sp³-hybridized carbons (Fsp3) is 0.533. The summed E-state index contributed by atoms with van der Waals surface area (Å²) in [5.41, 5.74) is 1.16. The van der Waals surface area contributed by atoms with Gasteiger partial charge in [0.2, 0.25) is 15.9 Å². The van der Waals surface area contributed by atoms with E-state index in [0.29, 0.717) is 11.3 Å². The van der Waals surface area contributed by atoms with Crippen molar-refractivity contribution in [1.29, 1.82) is 0 Å². The molecule has 1 amide bonds. The van der Waals surface area contributed by atoms with Crippen LogP contribution >= 0.6 is 0 Å². The smallest absolute Gasteiger partial charge is 0.238 e. The molecule has 0 radical (unpaired) electrons. The molecular formula is C15H22N2O3S. The van der Waals surface area contributed by atoms with E-state index in [1.165, 1.54) is 18.9 Å². The largest absolute Gasteiger partial charge is 0.326 e. The van der Waals surface area contributed by atoms with Crippen molar-refractivity contribution in [3.8, 4) is 0 Å². The molecule has 1 aromatic carbocycles. The third kappa shape index (κ3) is 4.28. The Balaban J connectivity index is 2.09. The normalized spacial score (nSPS) is 17.2. The molecule has 2 rings (SSSR count). The molecule has 0 atom stereocenters. The maximum Gasteiger partial charge on any atom is 0.238 e. The number of hydrogen-bond donors (Lipinski definition) is 2. The molecule has 0 bridgehead atoms. The third-order valence-electron chi connectivity index (χ3n) is 3.97. The molecule has 1 saturated carbocycles. The summed E-state index contributed by atoms with van der Waals surface area (Å²) in [6.07, 6.45) is 6.46. The zero-order valence-corrected chi connectivity index (χ0v) is 13.1. The van der Waals surface area contributed by atoms with Crippen molar-refractivity contribution in [1.82, 2.24) is 0 Å². The lowest BCUT2D eigenvalue weighted by Gasteiger charge is -2.15. The Hall–Kier alpha value is -1.40. The Kier molecular flexibility index (Phi) is 5.00. The lowest BCUT2D eigenvalue weighted by molar-refractivity contribution is -0.120. The first kappa shape index (κ1) is 16.0. The molecule has 3 N–H and O–H groups in total. The number of hydrogen-bond acceptors (Lipinski definition) is 3.